The van der Waals surface area contributed by atoms with E-state index >= 15 is 0 Å². The van der Waals surface area contributed by atoms with Gasteiger partial charge < -0.3 is 20.1 Å². The molecule has 302 valence electrons. The zero-order chi connectivity index (χ0) is 38.9. The van der Waals surface area contributed by atoms with Crippen LogP contribution in [0, 0.1) is 0 Å². The number of carbonyl (C=O) groups excluding carboxylic acids is 2. The van der Waals surface area contributed by atoms with Crippen LogP contribution in [-0.4, -0.2) is 49.3 Å². The second-order valence-corrected chi connectivity index (χ2v) is 14.3. The van der Waals surface area contributed by atoms with Crippen LogP contribution in [0.4, 0.5) is 0 Å². The topological polar surface area (TPSA) is 134 Å². The highest BCUT2D eigenvalue weighted by Gasteiger charge is 2.25. The molecule has 10 heteroatoms. The zero-order valence-corrected chi connectivity index (χ0v) is 33.9. The number of ether oxygens (including phenoxy) is 2. The summed E-state index contributed by atoms with van der Waals surface area (Å²) < 4.78 is 32.7. The molecule has 0 aliphatic rings. The minimum Gasteiger partial charge on any atom is -0.462 e. The lowest BCUT2D eigenvalue weighted by molar-refractivity contribution is -0.161. The van der Waals surface area contributed by atoms with Gasteiger partial charge in [0.05, 0.1) is 13.2 Å². The fourth-order valence-corrected chi connectivity index (χ4v) is 5.65. The van der Waals surface area contributed by atoms with Gasteiger partial charge in [0, 0.05) is 19.4 Å². The van der Waals surface area contributed by atoms with Gasteiger partial charge in [-0.1, -0.05) is 144 Å². The van der Waals surface area contributed by atoms with E-state index in [-0.39, 0.29) is 32.6 Å². The molecule has 0 radical (unpaired) electrons. The number of rotatable bonds is 36. The van der Waals surface area contributed by atoms with E-state index in [0.717, 1.165) is 77.0 Å². The lowest BCUT2D eigenvalue weighted by Crippen LogP contribution is -2.29. The molecule has 0 aromatic rings. The summed E-state index contributed by atoms with van der Waals surface area (Å²) in [7, 11) is -4.39. The molecule has 53 heavy (non-hydrogen) atoms. The Kier molecular flexibility index (Phi) is 36.8. The summed E-state index contributed by atoms with van der Waals surface area (Å²) in [6.07, 6.45) is 47.5. The van der Waals surface area contributed by atoms with Crippen molar-refractivity contribution in [2.45, 2.75) is 148 Å². The van der Waals surface area contributed by atoms with Gasteiger partial charge in [0.2, 0.25) is 0 Å². The van der Waals surface area contributed by atoms with Crippen LogP contribution < -0.4 is 5.73 Å². The van der Waals surface area contributed by atoms with E-state index in [9.17, 15) is 19.0 Å². The average molecular weight is 762 g/mol. The van der Waals surface area contributed by atoms with Crippen LogP contribution in [0.2, 0.25) is 0 Å². The first kappa shape index (κ1) is 50.2. The highest BCUT2D eigenvalue weighted by atomic mass is 31.2. The fraction of sp³-hybridized carbons (Fsp3) is 0.628. The smallest absolute Gasteiger partial charge is 0.462 e. The molecule has 0 aromatic carbocycles. The Balaban J connectivity index is 4.30. The number of nitrogens with two attached hydrogens (primary N) is 1. The summed E-state index contributed by atoms with van der Waals surface area (Å²) in [5.41, 5.74) is 5.33. The SMILES string of the molecule is CC/C=C/C=C/C=C/C=C/CCCCCCCC(=O)O[C@H](COC(=O)CCCCCC/C=C/C/C=C/C/C=C/CCCCC)COP(=O)(O)OCCN. The van der Waals surface area contributed by atoms with Crippen molar-refractivity contribution in [3.63, 3.8) is 0 Å². The third-order valence-electron chi connectivity index (χ3n) is 7.86. The molecule has 1 unspecified atom stereocenters. The maximum absolute atomic E-state index is 12.5. The van der Waals surface area contributed by atoms with Crippen molar-refractivity contribution in [2.75, 3.05) is 26.4 Å². The summed E-state index contributed by atoms with van der Waals surface area (Å²) in [6, 6.07) is 0. The van der Waals surface area contributed by atoms with Crippen LogP contribution in [0.3, 0.4) is 0 Å². The molecule has 0 fully saturated rings. The predicted molar refractivity (Wildman–Crippen MR) is 219 cm³/mol. The highest BCUT2D eigenvalue weighted by molar-refractivity contribution is 7.47. The molecule has 0 aromatic heterocycles. The van der Waals surface area contributed by atoms with Crippen LogP contribution >= 0.6 is 7.82 Å². The maximum Gasteiger partial charge on any atom is 0.472 e. The molecular weight excluding hydrogens is 689 g/mol. The molecule has 9 nitrogen and oxygen atoms in total. The second-order valence-electron chi connectivity index (χ2n) is 12.9. The molecular formula is C43H72NO8P. The molecule has 0 rings (SSSR count). The largest absolute Gasteiger partial charge is 0.472 e. The van der Waals surface area contributed by atoms with Gasteiger partial charge in [-0.3, -0.25) is 18.6 Å². The minimum absolute atomic E-state index is 0.0408. The quantitative estimate of drug-likeness (QED) is 0.0210. The van der Waals surface area contributed by atoms with E-state index in [1.165, 1.54) is 25.7 Å². The van der Waals surface area contributed by atoms with E-state index in [1.807, 2.05) is 30.4 Å². The molecule has 3 N–H and O–H groups in total. The first-order valence-electron chi connectivity index (χ1n) is 20.1. The molecule has 0 saturated heterocycles. The van der Waals surface area contributed by atoms with Gasteiger partial charge in [0.1, 0.15) is 6.61 Å². The zero-order valence-electron chi connectivity index (χ0n) is 33.0. The van der Waals surface area contributed by atoms with Crippen molar-refractivity contribution in [1.82, 2.24) is 0 Å². The number of allylic oxidation sites excluding steroid dienone is 14. The number of phosphoric acid groups is 1. The molecule has 0 saturated carbocycles. The molecule has 0 aliphatic heterocycles. The van der Waals surface area contributed by atoms with Gasteiger partial charge in [-0.2, -0.15) is 0 Å². The van der Waals surface area contributed by atoms with Crippen molar-refractivity contribution in [3.05, 3.63) is 85.1 Å². The average Bonchev–Trinajstić information content (AvgIpc) is 3.14. The van der Waals surface area contributed by atoms with Gasteiger partial charge in [0.25, 0.3) is 0 Å². The number of hydrogen-bond acceptors (Lipinski definition) is 8. The third kappa shape index (κ3) is 38.7. The highest BCUT2D eigenvalue weighted by Crippen LogP contribution is 2.43. The standard InChI is InChI=1S/C43H72NO8P/c1-3-5-7-9-11-13-15-17-19-20-22-23-25-27-29-31-33-35-42(45)49-39-41(40-51-53(47,48)50-38-37-44)52-43(46)36-34-32-30-28-26-24-21-18-16-14-12-10-8-6-4-2/h6,8,10-14,16-19,21-23,41H,3-5,7,9,15,20,24-40,44H2,1-2H3,(H,47,48)/b8-6+,12-10+,13-11+,16-14+,19-17+,21-18+,23-22+/t41-/m1/s1. The summed E-state index contributed by atoms with van der Waals surface area (Å²) >= 11 is 0. The van der Waals surface area contributed by atoms with Crippen molar-refractivity contribution in [1.29, 1.82) is 0 Å². The molecule has 0 amide bonds. The normalized spacial score (nSPS) is 14.3. The molecule has 0 bridgehead atoms. The number of unbranched alkanes of at least 4 members (excludes halogenated alkanes) is 12. The summed E-state index contributed by atoms with van der Waals surface area (Å²) in [5.74, 6) is -0.891. The Morgan fingerprint density at radius 3 is 1.72 bits per heavy atom. The van der Waals surface area contributed by atoms with Gasteiger partial charge in [-0.15, -0.1) is 0 Å². The first-order chi connectivity index (χ1) is 25.8. The van der Waals surface area contributed by atoms with Crippen molar-refractivity contribution < 1.29 is 37.6 Å². The lowest BCUT2D eigenvalue weighted by atomic mass is 10.1. The number of esters is 2. The number of hydrogen-bond donors (Lipinski definition) is 2. The van der Waals surface area contributed by atoms with Crippen LogP contribution in [0.1, 0.15) is 142 Å². The Morgan fingerprint density at radius 2 is 1.11 bits per heavy atom. The Morgan fingerprint density at radius 1 is 0.604 bits per heavy atom. The maximum atomic E-state index is 12.5. The van der Waals surface area contributed by atoms with Gasteiger partial charge in [-0.25, -0.2) is 4.57 Å². The second kappa shape index (κ2) is 38.9. The van der Waals surface area contributed by atoms with Crippen LogP contribution in [0.5, 0.6) is 0 Å². The molecule has 0 spiro atoms. The minimum atomic E-state index is -4.39. The molecule has 2 atom stereocenters. The van der Waals surface area contributed by atoms with Crippen LogP contribution in [0.15, 0.2) is 85.1 Å². The van der Waals surface area contributed by atoms with E-state index in [0.29, 0.717) is 12.8 Å². The lowest BCUT2D eigenvalue weighted by Gasteiger charge is -2.19. The Labute approximate surface area is 322 Å². The third-order valence-corrected chi connectivity index (χ3v) is 8.84. The predicted octanol–water partition coefficient (Wildman–Crippen LogP) is 11.3. The van der Waals surface area contributed by atoms with Gasteiger partial charge in [-0.05, 0) is 70.6 Å². The fourth-order valence-electron chi connectivity index (χ4n) is 4.88. The van der Waals surface area contributed by atoms with E-state index in [4.69, 9.17) is 24.3 Å². The van der Waals surface area contributed by atoms with Gasteiger partial charge in [0.15, 0.2) is 6.10 Å². The first-order valence-corrected chi connectivity index (χ1v) is 21.6. The van der Waals surface area contributed by atoms with Crippen molar-refractivity contribution in [3.8, 4) is 0 Å². The van der Waals surface area contributed by atoms with Crippen LogP contribution in [0.25, 0.3) is 0 Å². The monoisotopic (exact) mass is 761 g/mol. The van der Waals surface area contributed by atoms with Crippen molar-refractivity contribution >= 4 is 19.8 Å². The van der Waals surface area contributed by atoms with E-state index in [1.54, 1.807) is 0 Å². The molecule has 0 aliphatic carbocycles. The summed E-state index contributed by atoms with van der Waals surface area (Å²) in [4.78, 5) is 34.8. The number of phosphoric ester groups is 1. The number of carbonyl (C=O) groups is 2. The Hall–Kier alpha value is -2.81. The van der Waals surface area contributed by atoms with E-state index in [2.05, 4.69) is 68.5 Å². The summed E-state index contributed by atoms with van der Waals surface area (Å²) in [6.45, 7) is 3.48. The van der Waals surface area contributed by atoms with Crippen molar-refractivity contribution in [2.24, 2.45) is 5.73 Å². The van der Waals surface area contributed by atoms with Gasteiger partial charge >= 0.3 is 19.8 Å². The Bertz CT molecular complexity index is 1140. The van der Waals surface area contributed by atoms with E-state index < -0.39 is 32.5 Å². The summed E-state index contributed by atoms with van der Waals surface area (Å²) in [5, 5.41) is 0. The van der Waals surface area contributed by atoms with Crippen LogP contribution in [-0.2, 0) is 32.7 Å². The molecule has 0 heterocycles.